The van der Waals surface area contributed by atoms with Gasteiger partial charge in [0, 0.05) is 25.9 Å². The molecule has 0 bridgehead atoms. The van der Waals surface area contributed by atoms with E-state index in [-0.39, 0.29) is 30.5 Å². The molecule has 6 heteroatoms. The third-order valence-electron chi connectivity index (χ3n) is 3.48. The molecule has 0 N–H and O–H groups in total. The van der Waals surface area contributed by atoms with Crippen molar-refractivity contribution in [2.24, 2.45) is 7.05 Å². The van der Waals surface area contributed by atoms with E-state index >= 15 is 0 Å². The van der Waals surface area contributed by atoms with Crippen LogP contribution < -0.4 is 5.56 Å². The van der Waals surface area contributed by atoms with Crippen LogP contribution in [0.2, 0.25) is 0 Å². The predicted octanol–water partition coefficient (Wildman–Crippen LogP) is 0.483. The Morgan fingerprint density at radius 3 is 2.00 bits per heavy atom. The number of carbonyl (C=O) groups excluding carboxylic acids is 2. The molecule has 20 heavy (non-hydrogen) atoms. The lowest BCUT2D eigenvalue weighted by Crippen LogP contribution is -2.35. The Kier molecular flexibility index (Phi) is 2.78. The van der Waals surface area contributed by atoms with E-state index in [1.807, 2.05) is 0 Å². The SMILES string of the molecule is Cn1ccc(=O)n1CCN1C(=O)c2ccccc2C1=O. The van der Waals surface area contributed by atoms with Crippen molar-refractivity contribution in [3.8, 4) is 0 Å². The molecule has 0 atom stereocenters. The lowest BCUT2D eigenvalue weighted by Gasteiger charge is -2.15. The van der Waals surface area contributed by atoms with Crippen LogP contribution in [0.5, 0.6) is 0 Å². The van der Waals surface area contributed by atoms with Gasteiger partial charge in [-0.25, -0.2) is 4.68 Å². The summed E-state index contributed by atoms with van der Waals surface area (Å²) in [6.45, 7) is 0.470. The Balaban J connectivity index is 1.82. The van der Waals surface area contributed by atoms with Crippen molar-refractivity contribution in [1.29, 1.82) is 0 Å². The maximum atomic E-state index is 12.1. The summed E-state index contributed by atoms with van der Waals surface area (Å²) in [5, 5.41) is 0. The maximum absolute atomic E-state index is 12.1. The van der Waals surface area contributed by atoms with Gasteiger partial charge in [-0.15, -0.1) is 0 Å². The molecule has 6 nitrogen and oxygen atoms in total. The average Bonchev–Trinajstić information content (AvgIpc) is 2.89. The minimum absolute atomic E-state index is 0.149. The van der Waals surface area contributed by atoms with E-state index in [0.29, 0.717) is 11.1 Å². The Bertz CT molecular complexity index is 722. The summed E-state index contributed by atoms with van der Waals surface area (Å²) in [6, 6.07) is 8.20. The van der Waals surface area contributed by atoms with Crippen LogP contribution >= 0.6 is 0 Å². The fraction of sp³-hybridized carbons (Fsp3) is 0.214. The zero-order chi connectivity index (χ0) is 14.3. The van der Waals surface area contributed by atoms with Gasteiger partial charge in [0.15, 0.2) is 0 Å². The highest BCUT2D eigenvalue weighted by molar-refractivity contribution is 6.21. The largest absolute Gasteiger partial charge is 0.293 e. The summed E-state index contributed by atoms with van der Waals surface area (Å²) in [5.41, 5.74) is 0.706. The highest BCUT2D eigenvalue weighted by Gasteiger charge is 2.34. The Morgan fingerprint density at radius 2 is 1.50 bits per heavy atom. The number of benzene rings is 1. The number of nitrogens with zero attached hydrogens (tertiary/aromatic N) is 3. The van der Waals surface area contributed by atoms with Gasteiger partial charge >= 0.3 is 0 Å². The minimum Gasteiger partial charge on any atom is -0.293 e. The molecule has 1 aromatic heterocycles. The molecule has 0 saturated carbocycles. The van der Waals surface area contributed by atoms with Crippen LogP contribution in [-0.2, 0) is 13.6 Å². The van der Waals surface area contributed by atoms with Crippen LogP contribution in [0.1, 0.15) is 20.7 Å². The van der Waals surface area contributed by atoms with Crippen molar-refractivity contribution >= 4 is 11.8 Å². The monoisotopic (exact) mass is 271 g/mol. The summed E-state index contributed by atoms with van der Waals surface area (Å²) in [7, 11) is 1.74. The molecular weight excluding hydrogens is 258 g/mol. The second kappa shape index (κ2) is 4.48. The molecule has 2 amide bonds. The Labute approximate surface area is 114 Å². The molecule has 0 fully saturated rings. The van der Waals surface area contributed by atoms with E-state index < -0.39 is 0 Å². The normalized spacial score (nSPS) is 13.9. The Morgan fingerprint density at radius 1 is 0.900 bits per heavy atom. The quantitative estimate of drug-likeness (QED) is 0.763. The lowest BCUT2D eigenvalue weighted by atomic mass is 10.1. The fourth-order valence-electron chi connectivity index (χ4n) is 2.40. The molecule has 1 aliphatic heterocycles. The molecule has 0 aliphatic carbocycles. The number of aryl methyl sites for hydroxylation is 1. The van der Waals surface area contributed by atoms with Gasteiger partial charge in [0.2, 0.25) is 0 Å². The van der Waals surface area contributed by atoms with Gasteiger partial charge in [-0.3, -0.25) is 24.0 Å². The van der Waals surface area contributed by atoms with E-state index in [0.717, 1.165) is 0 Å². The molecule has 1 aliphatic rings. The lowest BCUT2D eigenvalue weighted by molar-refractivity contribution is 0.0645. The zero-order valence-electron chi connectivity index (χ0n) is 10.9. The van der Waals surface area contributed by atoms with Crippen molar-refractivity contribution in [3.05, 3.63) is 58.0 Å². The molecule has 0 radical (unpaired) electrons. The number of aromatic nitrogens is 2. The number of amides is 2. The number of rotatable bonds is 3. The molecule has 1 aromatic carbocycles. The van der Waals surface area contributed by atoms with Gasteiger partial charge in [-0.1, -0.05) is 12.1 Å². The third kappa shape index (κ3) is 1.77. The van der Waals surface area contributed by atoms with Crippen LogP contribution in [0.3, 0.4) is 0 Å². The van der Waals surface area contributed by atoms with Crippen LogP contribution in [0.15, 0.2) is 41.3 Å². The molecule has 2 heterocycles. The molecule has 0 unspecified atom stereocenters. The van der Waals surface area contributed by atoms with Crippen molar-refractivity contribution in [2.45, 2.75) is 6.54 Å². The van der Waals surface area contributed by atoms with Crippen LogP contribution in [0.4, 0.5) is 0 Å². The van der Waals surface area contributed by atoms with Crippen LogP contribution in [-0.4, -0.2) is 32.6 Å². The first kappa shape index (κ1) is 12.4. The summed E-state index contributed by atoms with van der Waals surface area (Å²) in [4.78, 5) is 37.1. The van der Waals surface area contributed by atoms with Crippen molar-refractivity contribution in [1.82, 2.24) is 14.3 Å². The first-order chi connectivity index (χ1) is 9.59. The second-order valence-corrected chi connectivity index (χ2v) is 4.66. The van der Waals surface area contributed by atoms with Gasteiger partial charge in [-0.2, -0.15) is 0 Å². The first-order valence-electron chi connectivity index (χ1n) is 6.27. The van der Waals surface area contributed by atoms with Gasteiger partial charge in [0.25, 0.3) is 17.4 Å². The fourth-order valence-corrected chi connectivity index (χ4v) is 2.40. The van der Waals surface area contributed by atoms with E-state index in [9.17, 15) is 14.4 Å². The first-order valence-corrected chi connectivity index (χ1v) is 6.27. The van der Waals surface area contributed by atoms with Crippen LogP contribution in [0.25, 0.3) is 0 Å². The average molecular weight is 271 g/mol. The predicted molar refractivity (Wildman–Crippen MR) is 71.5 cm³/mol. The van der Waals surface area contributed by atoms with E-state index in [1.54, 1.807) is 42.2 Å². The van der Waals surface area contributed by atoms with Gasteiger partial charge in [0.05, 0.1) is 17.7 Å². The third-order valence-corrected chi connectivity index (χ3v) is 3.48. The van der Waals surface area contributed by atoms with Gasteiger partial charge in [0.1, 0.15) is 0 Å². The highest BCUT2D eigenvalue weighted by atomic mass is 16.2. The molecular formula is C14H13N3O3. The molecule has 2 aromatic rings. The summed E-state index contributed by atoms with van der Waals surface area (Å²) < 4.78 is 3.12. The number of hydrogen-bond acceptors (Lipinski definition) is 3. The Hall–Kier alpha value is -2.63. The number of fused-ring (bicyclic) bond motifs is 1. The van der Waals surface area contributed by atoms with E-state index in [2.05, 4.69) is 0 Å². The summed E-state index contributed by atoms with van der Waals surface area (Å²) in [5.74, 6) is -0.597. The summed E-state index contributed by atoms with van der Waals surface area (Å²) in [6.07, 6.45) is 1.64. The molecule has 0 saturated heterocycles. The van der Waals surface area contributed by atoms with E-state index in [1.165, 1.54) is 15.6 Å². The number of imide groups is 1. The zero-order valence-corrected chi connectivity index (χ0v) is 10.9. The molecule has 0 spiro atoms. The van der Waals surface area contributed by atoms with Gasteiger partial charge < -0.3 is 0 Å². The topological polar surface area (TPSA) is 64.3 Å². The standard InChI is InChI=1S/C14H13N3O3/c1-15-7-6-12(18)17(15)9-8-16-13(19)10-4-2-3-5-11(10)14(16)20/h2-7H,8-9H2,1H3. The number of hydrogen-bond donors (Lipinski definition) is 0. The van der Waals surface area contributed by atoms with Crippen LogP contribution in [0, 0.1) is 0 Å². The highest BCUT2D eigenvalue weighted by Crippen LogP contribution is 2.21. The second-order valence-electron chi connectivity index (χ2n) is 4.66. The maximum Gasteiger partial charge on any atom is 0.266 e. The number of carbonyl (C=O) groups is 2. The van der Waals surface area contributed by atoms with Crippen molar-refractivity contribution in [2.75, 3.05) is 6.54 Å². The smallest absolute Gasteiger partial charge is 0.266 e. The van der Waals surface area contributed by atoms with Gasteiger partial charge in [-0.05, 0) is 12.1 Å². The van der Waals surface area contributed by atoms with E-state index in [4.69, 9.17) is 0 Å². The molecule has 3 rings (SSSR count). The van der Waals surface area contributed by atoms with Crippen molar-refractivity contribution in [3.63, 3.8) is 0 Å². The van der Waals surface area contributed by atoms with Crippen molar-refractivity contribution < 1.29 is 9.59 Å². The summed E-state index contributed by atoms with van der Waals surface area (Å²) >= 11 is 0. The minimum atomic E-state index is -0.298. The molecule has 102 valence electrons.